The molecule has 2 aromatic heterocycles. The normalized spacial score (nSPS) is 19.3. The number of carbonyl (C=O) groups is 1. The number of fused-ring (bicyclic) bond motifs is 1. The lowest BCUT2D eigenvalue weighted by Gasteiger charge is -2.35. The molecule has 2 heterocycles. The number of aromatic nitrogens is 2. The van der Waals surface area contributed by atoms with Gasteiger partial charge >= 0.3 is 0 Å². The zero-order valence-electron chi connectivity index (χ0n) is 15.1. The molecule has 0 radical (unpaired) electrons. The summed E-state index contributed by atoms with van der Waals surface area (Å²) in [5.74, 6) is 1.34. The van der Waals surface area contributed by atoms with E-state index in [1.54, 1.807) is 10.7 Å². The molecule has 5 nitrogen and oxygen atoms in total. The van der Waals surface area contributed by atoms with Gasteiger partial charge in [-0.3, -0.25) is 4.79 Å². The van der Waals surface area contributed by atoms with Crippen LogP contribution in [0.3, 0.4) is 0 Å². The molecule has 0 unspecified atom stereocenters. The van der Waals surface area contributed by atoms with E-state index in [4.69, 9.17) is 4.74 Å². The molecule has 1 aliphatic rings. The Hall–Kier alpha value is -2.82. The van der Waals surface area contributed by atoms with E-state index in [0.717, 1.165) is 24.1 Å². The highest BCUT2D eigenvalue weighted by molar-refractivity contribution is 6.00. The number of carbonyl (C=O) groups excluding carboxylic acids is 1. The molecule has 0 bridgehead atoms. The van der Waals surface area contributed by atoms with E-state index in [9.17, 15) is 4.79 Å². The van der Waals surface area contributed by atoms with E-state index < -0.39 is 0 Å². The number of nitrogens with one attached hydrogen (secondary N) is 1. The molecule has 0 atom stereocenters. The third kappa shape index (κ3) is 3.29. The van der Waals surface area contributed by atoms with Crippen molar-refractivity contribution in [2.24, 2.45) is 0 Å². The molecule has 5 heteroatoms. The highest BCUT2D eigenvalue weighted by Gasteiger charge is 2.32. The van der Waals surface area contributed by atoms with Crippen LogP contribution in [0, 0.1) is 0 Å². The molecule has 3 aromatic rings. The molecule has 4 rings (SSSR count). The van der Waals surface area contributed by atoms with Crippen molar-refractivity contribution in [3.63, 3.8) is 0 Å². The van der Waals surface area contributed by atoms with Gasteiger partial charge < -0.3 is 10.1 Å². The Labute approximate surface area is 153 Å². The quantitative estimate of drug-likeness (QED) is 0.762. The Balaban J connectivity index is 1.30. The van der Waals surface area contributed by atoms with Gasteiger partial charge in [0.05, 0.1) is 17.3 Å². The van der Waals surface area contributed by atoms with Crippen molar-refractivity contribution in [2.45, 2.75) is 44.8 Å². The van der Waals surface area contributed by atoms with Crippen LogP contribution in [-0.4, -0.2) is 27.7 Å². The van der Waals surface area contributed by atoms with Crippen LogP contribution >= 0.6 is 0 Å². The maximum absolute atomic E-state index is 12.5. The molecule has 26 heavy (non-hydrogen) atoms. The van der Waals surface area contributed by atoms with Gasteiger partial charge in [-0.15, -0.1) is 0 Å². The SMILES string of the molecule is CC(C)c1ccc(O[C@H]2C[C@H](NC(=O)c3cnn4ccccc34)C2)cc1. The molecule has 1 aliphatic carbocycles. The lowest BCUT2D eigenvalue weighted by atomic mass is 9.89. The molecule has 1 saturated carbocycles. The van der Waals surface area contributed by atoms with Crippen LogP contribution in [0.2, 0.25) is 0 Å². The highest BCUT2D eigenvalue weighted by Crippen LogP contribution is 2.27. The first kappa shape index (κ1) is 16.6. The van der Waals surface area contributed by atoms with Crippen molar-refractivity contribution in [1.82, 2.24) is 14.9 Å². The van der Waals surface area contributed by atoms with E-state index in [-0.39, 0.29) is 18.1 Å². The van der Waals surface area contributed by atoms with Crippen molar-refractivity contribution in [1.29, 1.82) is 0 Å². The maximum Gasteiger partial charge on any atom is 0.255 e. The zero-order valence-corrected chi connectivity index (χ0v) is 15.1. The van der Waals surface area contributed by atoms with Gasteiger partial charge in [0.25, 0.3) is 5.91 Å². The average Bonchev–Trinajstić information content (AvgIpc) is 3.04. The Morgan fingerprint density at radius 1 is 1.19 bits per heavy atom. The summed E-state index contributed by atoms with van der Waals surface area (Å²) in [6.07, 6.45) is 5.28. The minimum absolute atomic E-state index is 0.0732. The second kappa shape index (κ2) is 6.83. The fraction of sp³-hybridized carbons (Fsp3) is 0.333. The lowest BCUT2D eigenvalue weighted by Crippen LogP contribution is -2.48. The Morgan fingerprint density at radius 2 is 1.96 bits per heavy atom. The van der Waals surface area contributed by atoms with Crippen LogP contribution in [0.4, 0.5) is 0 Å². The van der Waals surface area contributed by atoms with Gasteiger partial charge in [0.15, 0.2) is 0 Å². The van der Waals surface area contributed by atoms with Crippen LogP contribution < -0.4 is 10.1 Å². The first-order valence-electron chi connectivity index (χ1n) is 9.10. The molecule has 0 aliphatic heterocycles. The van der Waals surface area contributed by atoms with E-state index in [1.807, 2.05) is 36.5 Å². The van der Waals surface area contributed by atoms with Crippen LogP contribution in [-0.2, 0) is 0 Å². The predicted octanol–water partition coefficient (Wildman–Crippen LogP) is 3.80. The number of amides is 1. The van der Waals surface area contributed by atoms with Crippen LogP contribution in [0.25, 0.3) is 5.52 Å². The van der Waals surface area contributed by atoms with E-state index >= 15 is 0 Å². The second-order valence-corrected chi connectivity index (χ2v) is 7.19. The molecule has 1 aromatic carbocycles. The molecule has 1 fully saturated rings. The van der Waals surface area contributed by atoms with E-state index in [2.05, 4.69) is 36.4 Å². The van der Waals surface area contributed by atoms with Gasteiger partial charge in [0, 0.05) is 25.1 Å². The summed E-state index contributed by atoms with van der Waals surface area (Å²) < 4.78 is 7.70. The fourth-order valence-corrected chi connectivity index (χ4v) is 3.28. The van der Waals surface area contributed by atoms with Gasteiger partial charge in [-0.1, -0.05) is 32.0 Å². The Bertz CT molecular complexity index is 908. The number of hydrogen-bond acceptors (Lipinski definition) is 3. The number of ether oxygens (including phenoxy) is 1. The van der Waals surface area contributed by atoms with Crippen molar-refractivity contribution in [3.8, 4) is 5.75 Å². The third-order valence-corrected chi connectivity index (χ3v) is 4.95. The minimum atomic E-state index is -0.0732. The number of pyridine rings is 1. The monoisotopic (exact) mass is 349 g/mol. The fourth-order valence-electron chi connectivity index (χ4n) is 3.28. The van der Waals surface area contributed by atoms with E-state index in [0.29, 0.717) is 11.5 Å². The lowest BCUT2D eigenvalue weighted by molar-refractivity contribution is 0.0702. The van der Waals surface area contributed by atoms with Gasteiger partial charge in [-0.05, 0) is 35.7 Å². The predicted molar refractivity (Wildman–Crippen MR) is 101 cm³/mol. The number of hydrogen-bond donors (Lipinski definition) is 1. The molecular weight excluding hydrogens is 326 g/mol. The summed E-state index contributed by atoms with van der Waals surface area (Å²) in [5.41, 5.74) is 2.74. The number of rotatable bonds is 5. The van der Waals surface area contributed by atoms with Crippen molar-refractivity contribution in [2.75, 3.05) is 0 Å². The number of nitrogens with zero attached hydrogens (tertiary/aromatic N) is 2. The van der Waals surface area contributed by atoms with Crippen molar-refractivity contribution >= 4 is 11.4 Å². The first-order valence-corrected chi connectivity index (χ1v) is 9.10. The van der Waals surface area contributed by atoms with Crippen molar-refractivity contribution in [3.05, 3.63) is 66.0 Å². The summed E-state index contributed by atoms with van der Waals surface area (Å²) >= 11 is 0. The molecule has 1 amide bonds. The first-order chi connectivity index (χ1) is 12.6. The second-order valence-electron chi connectivity index (χ2n) is 7.19. The largest absolute Gasteiger partial charge is 0.490 e. The standard InChI is InChI=1S/C21H23N3O2/c1-14(2)15-6-8-17(9-7-15)26-18-11-16(12-18)23-21(25)19-13-22-24-10-4-3-5-20(19)24/h3-10,13-14,16,18H,11-12H2,1-2H3,(H,23,25)/t16-,18-. The summed E-state index contributed by atoms with van der Waals surface area (Å²) in [4.78, 5) is 12.5. The zero-order chi connectivity index (χ0) is 18.1. The topological polar surface area (TPSA) is 55.6 Å². The van der Waals surface area contributed by atoms with E-state index in [1.165, 1.54) is 5.56 Å². The van der Waals surface area contributed by atoms with Gasteiger partial charge in [0.1, 0.15) is 11.9 Å². The average molecular weight is 349 g/mol. The summed E-state index contributed by atoms with van der Waals surface area (Å²) in [5, 5.41) is 7.29. The highest BCUT2D eigenvalue weighted by atomic mass is 16.5. The van der Waals surface area contributed by atoms with Gasteiger partial charge in [0.2, 0.25) is 0 Å². The molecule has 0 spiro atoms. The van der Waals surface area contributed by atoms with Gasteiger partial charge in [-0.2, -0.15) is 5.10 Å². The summed E-state index contributed by atoms with van der Waals surface area (Å²) in [7, 11) is 0. The van der Waals surface area contributed by atoms with Crippen LogP contribution in [0.1, 0.15) is 48.5 Å². The van der Waals surface area contributed by atoms with Crippen LogP contribution in [0.15, 0.2) is 54.9 Å². The Kier molecular flexibility index (Phi) is 4.37. The molecule has 0 saturated heterocycles. The molecule has 134 valence electrons. The summed E-state index contributed by atoms with van der Waals surface area (Å²) in [6.45, 7) is 4.36. The smallest absolute Gasteiger partial charge is 0.255 e. The Morgan fingerprint density at radius 3 is 2.69 bits per heavy atom. The maximum atomic E-state index is 12.5. The summed E-state index contributed by atoms with van der Waals surface area (Å²) in [6, 6.07) is 14.1. The third-order valence-electron chi connectivity index (χ3n) is 4.95. The minimum Gasteiger partial charge on any atom is -0.490 e. The van der Waals surface area contributed by atoms with Crippen molar-refractivity contribution < 1.29 is 9.53 Å². The number of benzene rings is 1. The molecule has 1 N–H and O–H groups in total. The van der Waals surface area contributed by atoms with Crippen LogP contribution in [0.5, 0.6) is 5.75 Å². The molecular formula is C21H23N3O2. The van der Waals surface area contributed by atoms with Gasteiger partial charge in [-0.25, -0.2) is 4.52 Å².